The SMILES string of the molecule is COc1ccccc1-n1nnnc1SCC(=O)c1cc(C)c(C)cc1C. The first-order chi connectivity index (χ1) is 12.5. The van der Waals surface area contributed by atoms with Gasteiger partial charge in [0.2, 0.25) is 5.16 Å². The van der Waals surface area contributed by atoms with Crippen LogP contribution >= 0.6 is 11.8 Å². The van der Waals surface area contributed by atoms with Crippen molar-refractivity contribution in [3.8, 4) is 11.4 Å². The maximum absolute atomic E-state index is 12.7. The Morgan fingerprint density at radius 1 is 1.12 bits per heavy atom. The minimum absolute atomic E-state index is 0.0603. The molecule has 3 rings (SSSR count). The highest BCUT2D eigenvalue weighted by Crippen LogP contribution is 2.26. The van der Waals surface area contributed by atoms with Crippen LogP contribution in [0.4, 0.5) is 0 Å². The molecule has 2 aromatic carbocycles. The Morgan fingerprint density at radius 2 is 1.85 bits per heavy atom. The number of para-hydroxylation sites is 2. The van der Waals surface area contributed by atoms with Gasteiger partial charge in [-0.15, -0.1) is 5.10 Å². The van der Waals surface area contributed by atoms with E-state index >= 15 is 0 Å². The summed E-state index contributed by atoms with van der Waals surface area (Å²) >= 11 is 1.31. The highest BCUT2D eigenvalue weighted by Gasteiger charge is 2.16. The van der Waals surface area contributed by atoms with Crippen LogP contribution < -0.4 is 4.74 Å². The molecule has 0 saturated heterocycles. The smallest absolute Gasteiger partial charge is 0.214 e. The van der Waals surface area contributed by atoms with Crippen LogP contribution in [0.25, 0.3) is 5.69 Å². The Balaban J connectivity index is 1.81. The number of hydrogen-bond donors (Lipinski definition) is 0. The number of carbonyl (C=O) groups is 1. The van der Waals surface area contributed by atoms with Crippen LogP contribution in [-0.2, 0) is 0 Å². The van der Waals surface area contributed by atoms with Crippen molar-refractivity contribution < 1.29 is 9.53 Å². The monoisotopic (exact) mass is 368 g/mol. The second-order valence-electron chi connectivity index (χ2n) is 6.01. The van der Waals surface area contributed by atoms with Gasteiger partial charge in [-0.2, -0.15) is 4.68 Å². The Bertz CT molecular complexity index is 952. The first-order valence-electron chi connectivity index (χ1n) is 8.17. The molecule has 0 aliphatic heterocycles. The molecule has 0 fully saturated rings. The third kappa shape index (κ3) is 3.62. The fourth-order valence-corrected chi connectivity index (χ4v) is 3.46. The average Bonchev–Trinajstić information content (AvgIpc) is 3.11. The third-order valence-electron chi connectivity index (χ3n) is 4.23. The number of ketones is 1. The third-order valence-corrected chi connectivity index (χ3v) is 5.15. The summed E-state index contributed by atoms with van der Waals surface area (Å²) in [6.45, 7) is 6.02. The molecule has 0 radical (unpaired) electrons. The van der Waals surface area contributed by atoms with Crippen LogP contribution in [0.1, 0.15) is 27.0 Å². The zero-order valence-electron chi connectivity index (χ0n) is 15.2. The molecule has 0 amide bonds. The zero-order chi connectivity index (χ0) is 18.7. The lowest BCUT2D eigenvalue weighted by Gasteiger charge is -2.10. The number of rotatable bonds is 6. The van der Waals surface area contributed by atoms with Gasteiger partial charge in [0, 0.05) is 5.56 Å². The summed E-state index contributed by atoms with van der Waals surface area (Å²) in [6.07, 6.45) is 0. The van der Waals surface area contributed by atoms with Crippen molar-refractivity contribution in [3.63, 3.8) is 0 Å². The van der Waals surface area contributed by atoms with Gasteiger partial charge < -0.3 is 4.74 Å². The molecule has 6 nitrogen and oxygen atoms in total. The van der Waals surface area contributed by atoms with Crippen LogP contribution in [0.3, 0.4) is 0 Å². The lowest BCUT2D eigenvalue weighted by atomic mass is 9.99. The molecule has 0 bridgehead atoms. The molecule has 3 aromatic rings. The van der Waals surface area contributed by atoms with Crippen molar-refractivity contribution >= 4 is 17.5 Å². The number of thioether (sulfide) groups is 1. The molecule has 0 N–H and O–H groups in total. The first-order valence-corrected chi connectivity index (χ1v) is 9.15. The second-order valence-corrected chi connectivity index (χ2v) is 6.95. The summed E-state index contributed by atoms with van der Waals surface area (Å²) in [5.41, 5.74) is 4.77. The topological polar surface area (TPSA) is 69.9 Å². The maximum atomic E-state index is 12.7. The summed E-state index contributed by atoms with van der Waals surface area (Å²) in [5, 5.41) is 12.4. The molecule has 1 heterocycles. The average molecular weight is 368 g/mol. The molecule has 1 aromatic heterocycles. The van der Waals surface area contributed by atoms with E-state index in [1.165, 1.54) is 17.3 Å². The number of Topliss-reactive ketones (excluding diaryl/α,β-unsaturated/α-hetero) is 1. The molecular weight excluding hydrogens is 348 g/mol. The quantitative estimate of drug-likeness (QED) is 0.489. The number of methoxy groups -OCH3 is 1. The van der Waals surface area contributed by atoms with Crippen molar-refractivity contribution in [2.24, 2.45) is 0 Å². The highest BCUT2D eigenvalue weighted by atomic mass is 32.2. The van der Waals surface area contributed by atoms with Crippen LogP contribution in [0.2, 0.25) is 0 Å². The molecule has 0 aliphatic carbocycles. The lowest BCUT2D eigenvalue weighted by Crippen LogP contribution is -2.08. The number of tetrazole rings is 1. The van der Waals surface area contributed by atoms with Crippen LogP contribution in [-0.4, -0.2) is 38.9 Å². The van der Waals surface area contributed by atoms with Crippen molar-refractivity contribution in [2.75, 3.05) is 12.9 Å². The van der Waals surface area contributed by atoms with E-state index in [-0.39, 0.29) is 11.5 Å². The largest absolute Gasteiger partial charge is 0.494 e. The van der Waals surface area contributed by atoms with E-state index in [2.05, 4.69) is 15.5 Å². The Labute approximate surface area is 156 Å². The normalized spacial score (nSPS) is 10.8. The molecule has 0 aliphatic rings. The van der Waals surface area contributed by atoms with Crippen LogP contribution in [0, 0.1) is 20.8 Å². The van der Waals surface area contributed by atoms with Crippen molar-refractivity contribution in [1.29, 1.82) is 0 Å². The first kappa shape index (κ1) is 18.1. The van der Waals surface area contributed by atoms with E-state index in [4.69, 9.17) is 4.74 Å². The predicted octanol–water partition coefficient (Wildman–Crippen LogP) is 3.57. The van der Waals surface area contributed by atoms with Gasteiger partial charge in [0.15, 0.2) is 5.78 Å². The van der Waals surface area contributed by atoms with E-state index in [1.807, 2.05) is 57.2 Å². The summed E-state index contributed by atoms with van der Waals surface area (Å²) < 4.78 is 6.95. The summed E-state index contributed by atoms with van der Waals surface area (Å²) in [7, 11) is 1.60. The molecule has 0 spiro atoms. The maximum Gasteiger partial charge on any atom is 0.214 e. The van der Waals surface area contributed by atoms with E-state index < -0.39 is 0 Å². The van der Waals surface area contributed by atoms with E-state index in [1.54, 1.807) is 11.8 Å². The number of aryl methyl sites for hydroxylation is 3. The van der Waals surface area contributed by atoms with Crippen LogP contribution in [0.5, 0.6) is 5.75 Å². The number of carbonyl (C=O) groups excluding carboxylic acids is 1. The Morgan fingerprint density at radius 3 is 2.62 bits per heavy atom. The standard InChI is InChI=1S/C19H20N4O2S/c1-12-9-14(3)15(10-13(12)2)17(24)11-26-19-20-21-22-23(19)16-7-5-6-8-18(16)25-4/h5-10H,11H2,1-4H3. The molecule has 7 heteroatoms. The second kappa shape index (κ2) is 7.70. The van der Waals surface area contributed by atoms with Gasteiger partial charge in [-0.1, -0.05) is 30.0 Å². The summed E-state index contributed by atoms with van der Waals surface area (Å²) in [5.74, 6) is 0.988. The van der Waals surface area contributed by atoms with Gasteiger partial charge in [-0.25, -0.2) is 0 Å². The fourth-order valence-electron chi connectivity index (χ4n) is 2.69. The Hall–Kier alpha value is -2.67. The molecule has 0 unspecified atom stereocenters. The van der Waals surface area contributed by atoms with Crippen molar-refractivity contribution in [1.82, 2.24) is 20.2 Å². The number of benzene rings is 2. The molecule has 134 valence electrons. The molecule has 26 heavy (non-hydrogen) atoms. The van der Waals surface area contributed by atoms with E-state index in [0.29, 0.717) is 10.9 Å². The minimum Gasteiger partial charge on any atom is -0.494 e. The predicted molar refractivity (Wildman–Crippen MR) is 101 cm³/mol. The van der Waals surface area contributed by atoms with Gasteiger partial charge in [0.1, 0.15) is 11.4 Å². The summed E-state index contributed by atoms with van der Waals surface area (Å²) in [4.78, 5) is 12.7. The fraction of sp³-hybridized carbons (Fsp3) is 0.263. The van der Waals surface area contributed by atoms with Crippen molar-refractivity contribution in [2.45, 2.75) is 25.9 Å². The minimum atomic E-state index is 0.0603. The number of nitrogens with zero attached hydrogens (tertiary/aromatic N) is 4. The van der Waals surface area contributed by atoms with Gasteiger partial charge in [0.05, 0.1) is 12.9 Å². The van der Waals surface area contributed by atoms with Crippen molar-refractivity contribution in [3.05, 3.63) is 58.7 Å². The van der Waals surface area contributed by atoms with E-state index in [9.17, 15) is 4.79 Å². The number of hydrogen-bond acceptors (Lipinski definition) is 6. The summed E-state index contributed by atoms with van der Waals surface area (Å²) in [6, 6.07) is 11.5. The van der Waals surface area contributed by atoms with Gasteiger partial charge in [-0.3, -0.25) is 4.79 Å². The molecule has 0 atom stereocenters. The van der Waals surface area contributed by atoms with Gasteiger partial charge in [0.25, 0.3) is 0 Å². The molecule has 0 saturated carbocycles. The van der Waals surface area contributed by atoms with Gasteiger partial charge in [-0.05, 0) is 66.1 Å². The Kier molecular flexibility index (Phi) is 5.37. The molecular formula is C19H20N4O2S. The van der Waals surface area contributed by atoms with E-state index in [0.717, 1.165) is 22.4 Å². The van der Waals surface area contributed by atoms with Crippen LogP contribution in [0.15, 0.2) is 41.6 Å². The zero-order valence-corrected chi connectivity index (χ0v) is 16.0. The highest BCUT2D eigenvalue weighted by molar-refractivity contribution is 7.99. The van der Waals surface area contributed by atoms with Gasteiger partial charge >= 0.3 is 0 Å². The number of ether oxygens (including phenoxy) is 1. The lowest BCUT2D eigenvalue weighted by molar-refractivity contribution is 0.102. The number of aromatic nitrogens is 4.